The topological polar surface area (TPSA) is 40.0 Å². The molecule has 0 amide bonds. The summed E-state index contributed by atoms with van der Waals surface area (Å²) in [7, 11) is 3.28. The van der Waals surface area contributed by atoms with Crippen LogP contribution in [0.2, 0.25) is 0 Å². The van der Waals surface area contributed by atoms with Crippen LogP contribution in [0.3, 0.4) is 0 Å². The van der Waals surface area contributed by atoms with Crippen molar-refractivity contribution in [3.8, 4) is 17.2 Å². The Bertz CT molecular complexity index is 1410. The molecule has 4 heteroatoms. The van der Waals surface area contributed by atoms with Gasteiger partial charge >= 0.3 is 0 Å². The molecule has 0 fully saturated rings. The van der Waals surface area contributed by atoms with E-state index in [2.05, 4.69) is 43.3 Å². The van der Waals surface area contributed by atoms with E-state index in [1.807, 2.05) is 66.9 Å². The molecule has 0 saturated heterocycles. The van der Waals surface area contributed by atoms with Gasteiger partial charge in [-0.05, 0) is 54.4 Å². The van der Waals surface area contributed by atoms with Gasteiger partial charge in [0.25, 0.3) is 0 Å². The van der Waals surface area contributed by atoms with Gasteiger partial charge in [-0.1, -0.05) is 60.7 Å². The molecule has 5 rings (SSSR count). The van der Waals surface area contributed by atoms with E-state index in [1.54, 1.807) is 14.2 Å². The highest BCUT2D eigenvalue weighted by Gasteiger charge is 2.32. The molecule has 0 N–H and O–H groups in total. The number of aryl methyl sites for hydroxylation is 1. The molecule has 35 heavy (non-hydrogen) atoms. The van der Waals surface area contributed by atoms with Gasteiger partial charge in [-0.15, -0.1) is 0 Å². The zero-order valence-corrected chi connectivity index (χ0v) is 20.1. The minimum absolute atomic E-state index is 0.0447. The van der Waals surface area contributed by atoms with Gasteiger partial charge < -0.3 is 14.2 Å². The summed E-state index contributed by atoms with van der Waals surface area (Å²) >= 11 is 0. The van der Waals surface area contributed by atoms with Crippen LogP contribution >= 0.6 is 0 Å². The van der Waals surface area contributed by atoms with Crippen LogP contribution in [0.25, 0.3) is 5.76 Å². The van der Waals surface area contributed by atoms with E-state index in [1.165, 1.54) is 11.1 Å². The number of rotatable bonds is 6. The second kappa shape index (κ2) is 9.90. The van der Waals surface area contributed by atoms with E-state index in [-0.39, 0.29) is 5.92 Å². The fourth-order valence-corrected chi connectivity index (χ4v) is 4.52. The summed E-state index contributed by atoms with van der Waals surface area (Å²) in [5.41, 5.74) is 6.30. The van der Waals surface area contributed by atoms with Crippen LogP contribution in [0.5, 0.6) is 17.2 Å². The summed E-state index contributed by atoms with van der Waals surface area (Å²) in [6, 6.07) is 32.5. The number of allylic oxidation sites excluding steroid dienone is 1. The number of aliphatic imine (C=N–C) groups is 1. The van der Waals surface area contributed by atoms with E-state index in [9.17, 15) is 0 Å². The van der Waals surface area contributed by atoms with Crippen LogP contribution in [0.15, 0.2) is 108 Å². The summed E-state index contributed by atoms with van der Waals surface area (Å²) in [6.07, 6.45) is 1.94. The van der Waals surface area contributed by atoms with Gasteiger partial charge in [0.05, 0.1) is 19.9 Å². The number of benzene rings is 4. The normalized spacial score (nSPS) is 15.0. The molecule has 0 saturated carbocycles. The Kier molecular flexibility index (Phi) is 6.36. The van der Waals surface area contributed by atoms with E-state index in [4.69, 9.17) is 19.2 Å². The summed E-state index contributed by atoms with van der Waals surface area (Å²) < 4.78 is 17.6. The average molecular weight is 462 g/mol. The highest BCUT2D eigenvalue weighted by molar-refractivity contribution is 5.95. The Morgan fingerprint density at radius 2 is 1.43 bits per heavy atom. The predicted molar refractivity (Wildman–Crippen MR) is 141 cm³/mol. The second-order valence-corrected chi connectivity index (χ2v) is 8.38. The standard InChI is InChI=1S/C31H27NO3/c1-21-11-7-8-14-24(21)30-25-15-9-10-16-27(25)35-31(22-17-18-28(33-2)29(19-22)34-3)26(30)20-32-23-12-5-4-6-13-23/h4-20,30H,1-3H3/t30-/m1/s1. The lowest BCUT2D eigenvalue weighted by Gasteiger charge is -2.31. The molecule has 0 aliphatic carbocycles. The van der Waals surface area contributed by atoms with Gasteiger partial charge in [0, 0.05) is 28.8 Å². The van der Waals surface area contributed by atoms with Crippen LogP contribution in [0.4, 0.5) is 5.69 Å². The zero-order chi connectivity index (χ0) is 24.2. The predicted octanol–water partition coefficient (Wildman–Crippen LogP) is 7.35. The lowest BCUT2D eigenvalue weighted by Crippen LogP contribution is -2.18. The Balaban J connectivity index is 1.77. The van der Waals surface area contributed by atoms with Crippen LogP contribution in [0, 0.1) is 6.92 Å². The molecular formula is C31H27NO3. The van der Waals surface area contributed by atoms with Gasteiger partial charge in [-0.3, -0.25) is 4.99 Å². The number of nitrogens with zero attached hydrogens (tertiary/aromatic N) is 1. The lowest BCUT2D eigenvalue weighted by atomic mass is 9.80. The quantitative estimate of drug-likeness (QED) is 0.282. The minimum atomic E-state index is -0.0447. The number of hydrogen-bond donors (Lipinski definition) is 0. The maximum absolute atomic E-state index is 6.58. The molecular weight excluding hydrogens is 434 g/mol. The minimum Gasteiger partial charge on any atom is -0.493 e. The van der Waals surface area contributed by atoms with Crippen molar-refractivity contribution in [2.24, 2.45) is 4.99 Å². The van der Waals surface area contributed by atoms with Gasteiger partial charge in [-0.2, -0.15) is 0 Å². The lowest BCUT2D eigenvalue weighted by molar-refractivity contribution is 0.354. The van der Waals surface area contributed by atoms with Crippen LogP contribution in [0.1, 0.15) is 28.2 Å². The first-order valence-electron chi connectivity index (χ1n) is 11.6. The molecule has 1 atom stereocenters. The summed E-state index contributed by atoms with van der Waals surface area (Å²) in [5, 5.41) is 0. The van der Waals surface area contributed by atoms with Crippen molar-refractivity contribution in [3.05, 3.63) is 125 Å². The fourth-order valence-electron chi connectivity index (χ4n) is 4.52. The van der Waals surface area contributed by atoms with E-state index < -0.39 is 0 Å². The second-order valence-electron chi connectivity index (χ2n) is 8.38. The third kappa shape index (κ3) is 4.43. The van der Waals surface area contributed by atoms with Gasteiger partial charge in [0.1, 0.15) is 11.5 Å². The van der Waals surface area contributed by atoms with Crippen LogP contribution in [-0.4, -0.2) is 20.4 Å². The van der Waals surface area contributed by atoms with Crippen molar-refractivity contribution in [1.82, 2.24) is 0 Å². The van der Waals surface area contributed by atoms with E-state index >= 15 is 0 Å². The third-order valence-electron chi connectivity index (χ3n) is 6.27. The highest BCUT2D eigenvalue weighted by atomic mass is 16.5. The average Bonchev–Trinajstić information content (AvgIpc) is 2.91. The summed E-state index contributed by atoms with van der Waals surface area (Å²) in [6.45, 7) is 2.15. The summed E-state index contributed by atoms with van der Waals surface area (Å²) in [5.74, 6) is 2.85. The van der Waals surface area contributed by atoms with Gasteiger partial charge in [-0.25, -0.2) is 0 Å². The molecule has 0 bridgehead atoms. The van der Waals surface area contributed by atoms with Crippen molar-refractivity contribution < 1.29 is 14.2 Å². The summed E-state index contributed by atoms with van der Waals surface area (Å²) in [4.78, 5) is 4.84. The van der Waals surface area contributed by atoms with Crippen LogP contribution < -0.4 is 14.2 Å². The number of para-hydroxylation sites is 2. The molecule has 0 unspecified atom stereocenters. The monoisotopic (exact) mass is 461 g/mol. The Morgan fingerprint density at radius 3 is 2.17 bits per heavy atom. The van der Waals surface area contributed by atoms with Crippen molar-refractivity contribution >= 4 is 17.7 Å². The first-order valence-corrected chi connectivity index (χ1v) is 11.6. The molecule has 174 valence electrons. The molecule has 1 heterocycles. The van der Waals surface area contributed by atoms with Crippen molar-refractivity contribution in [1.29, 1.82) is 0 Å². The first kappa shape index (κ1) is 22.5. The van der Waals surface area contributed by atoms with E-state index in [0.717, 1.165) is 33.9 Å². The number of ether oxygens (including phenoxy) is 3. The van der Waals surface area contributed by atoms with Crippen molar-refractivity contribution in [2.75, 3.05) is 14.2 Å². The maximum atomic E-state index is 6.58. The molecule has 0 radical (unpaired) electrons. The SMILES string of the molecule is COc1ccc(C2=C(C=Nc3ccccc3)[C@H](c3ccccc3C)c3ccccc3O2)cc1OC. The molecule has 1 aliphatic rings. The van der Waals surface area contributed by atoms with Gasteiger partial charge in [0.15, 0.2) is 11.5 Å². The molecule has 4 nitrogen and oxygen atoms in total. The fraction of sp³-hybridized carbons (Fsp3) is 0.129. The van der Waals surface area contributed by atoms with Gasteiger partial charge in [0.2, 0.25) is 0 Å². The number of fused-ring (bicyclic) bond motifs is 1. The Labute approximate surface area is 206 Å². The third-order valence-corrected chi connectivity index (χ3v) is 6.27. The molecule has 0 aromatic heterocycles. The van der Waals surface area contributed by atoms with E-state index in [0.29, 0.717) is 11.5 Å². The van der Waals surface area contributed by atoms with Crippen molar-refractivity contribution in [3.63, 3.8) is 0 Å². The first-order chi connectivity index (χ1) is 17.2. The number of methoxy groups -OCH3 is 2. The molecule has 1 aliphatic heterocycles. The Morgan fingerprint density at radius 1 is 0.743 bits per heavy atom. The highest BCUT2D eigenvalue weighted by Crippen LogP contribution is 2.46. The molecule has 4 aromatic carbocycles. The largest absolute Gasteiger partial charge is 0.493 e. The molecule has 0 spiro atoms. The van der Waals surface area contributed by atoms with Crippen molar-refractivity contribution in [2.45, 2.75) is 12.8 Å². The molecule has 4 aromatic rings. The Hall–Kier alpha value is -4.31. The van der Waals surface area contributed by atoms with Crippen LogP contribution in [-0.2, 0) is 0 Å². The smallest absolute Gasteiger partial charge is 0.161 e. The zero-order valence-electron chi connectivity index (χ0n) is 20.1. The number of hydrogen-bond acceptors (Lipinski definition) is 4. The maximum Gasteiger partial charge on any atom is 0.161 e.